The highest BCUT2D eigenvalue weighted by Crippen LogP contribution is 2.35. The summed E-state index contributed by atoms with van der Waals surface area (Å²) in [6.07, 6.45) is 8.15. The molecule has 0 saturated carbocycles. The molecule has 1 fully saturated rings. The molecule has 1 saturated heterocycles. The van der Waals surface area contributed by atoms with Gasteiger partial charge in [-0.2, -0.15) is 0 Å². The minimum absolute atomic E-state index is 0.0925. The van der Waals surface area contributed by atoms with Crippen molar-refractivity contribution in [3.8, 4) is 21.1 Å². The number of fused-ring (bicyclic) bond motifs is 1. The Morgan fingerprint density at radius 3 is 2.91 bits per heavy atom. The first-order valence-corrected chi connectivity index (χ1v) is 11.9. The van der Waals surface area contributed by atoms with Crippen molar-refractivity contribution in [2.24, 2.45) is 5.16 Å². The van der Waals surface area contributed by atoms with E-state index in [-0.39, 0.29) is 6.29 Å². The van der Waals surface area contributed by atoms with E-state index in [2.05, 4.69) is 22.3 Å². The van der Waals surface area contributed by atoms with Gasteiger partial charge >= 0.3 is 0 Å². The minimum Gasteiger partial charge on any atom is -0.396 e. The summed E-state index contributed by atoms with van der Waals surface area (Å²) in [5.74, 6) is 0. The summed E-state index contributed by atoms with van der Waals surface area (Å²) >= 11 is 1.65. The standard InChI is InChI=1S/C24H26N4O3S/c1-16-23(32-24(26-16)18-6-3-11-25-15-18)20-10-9-17-5-2-7-19(22(17)27-20)28-31-12-4-8-21-29-13-14-30-21/h3,6,9-11,15,21H,2,4-5,7-8,12-14H2,1H3/b28-19+. The van der Waals surface area contributed by atoms with Crippen LogP contribution in [0.3, 0.4) is 0 Å². The fraction of sp³-hybridized carbons (Fsp3) is 0.417. The van der Waals surface area contributed by atoms with Crippen LogP contribution in [0.5, 0.6) is 0 Å². The van der Waals surface area contributed by atoms with Crippen LogP contribution in [0, 0.1) is 6.92 Å². The van der Waals surface area contributed by atoms with E-state index in [9.17, 15) is 0 Å². The number of rotatable bonds is 7. The molecule has 8 heteroatoms. The average Bonchev–Trinajstić information content (AvgIpc) is 3.49. The SMILES string of the molecule is Cc1nc(-c2cccnc2)sc1-c1ccc2c(n1)/C(=N/OCCCC1OCCO1)CCC2. The van der Waals surface area contributed by atoms with Crippen LogP contribution in [0.2, 0.25) is 0 Å². The number of oxime groups is 1. The summed E-state index contributed by atoms with van der Waals surface area (Å²) in [7, 11) is 0. The van der Waals surface area contributed by atoms with Crippen molar-refractivity contribution in [1.82, 2.24) is 15.0 Å². The topological polar surface area (TPSA) is 78.7 Å². The highest BCUT2D eigenvalue weighted by Gasteiger charge is 2.21. The molecule has 0 spiro atoms. The van der Waals surface area contributed by atoms with Crippen LogP contribution in [0.25, 0.3) is 21.1 Å². The van der Waals surface area contributed by atoms with Gasteiger partial charge in [-0.25, -0.2) is 9.97 Å². The number of aryl methyl sites for hydroxylation is 2. The Morgan fingerprint density at radius 1 is 1.16 bits per heavy atom. The van der Waals surface area contributed by atoms with Gasteiger partial charge in [0.15, 0.2) is 6.29 Å². The molecule has 3 aromatic rings. The number of ether oxygens (including phenoxy) is 2. The van der Waals surface area contributed by atoms with Gasteiger partial charge in [-0.05, 0) is 56.4 Å². The van der Waals surface area contributed by atoms with Crippen molar-refractivity contribution in [1.29, 1.82) is 0 Å². The summed E-state index contributed by atoms with van der Waals surface area (Å²) in [6.45, 7) is 3.94. The Labute approximate surface area is 191 Å². The minimum atomic E-state index is -0.0925. The number of pyridine rings is 2. The maximum absolute atomic E-state index is 5.64. The Bertz CT molecular complexity index is 1090. The maximum atomic E-state index is 5.64. The van der Waals surface area contributed by atoms with Crippen LogP contribution in [0.4, 0.5) is 0 Å². The van der Waals surface area contributed by atoms with E-state index >= 15 is 0 Å². The van der Waals surface area contributed by atoms with E-state index in [1.807, 2.05) is 25.3 Å². The van der Waals surface area contributed by atoms with Gasteiger partial charge in [0.05, 0.1) is 35.2 Å². The highest BCUT2D eigenvalue weighted by atomic mass is 32.1. The molecule has 3 aromatic heterocycles. The molecule has 1 aliphatic carbocycles. The first kappa shape index (κ1) is 21.2. The van der Waals surface area contributed by atoms with Gasteiger partial charge in [0.25, 0.3) is 0 Å². The van der Waals surface area contributed by atoms with Gasteiger partial charge in [-0.15, -0.1) is 11.3 Å². The fourth-order valence-corrected chi connectivity index (χ4v) is 5.00. The molecular formula is C24H26N4O3S. The zero-order valence-electron chi connectivity index (χ0n) is 18.1. The first-order chi connectivity index (χ1) is 15.8. The van der Waals surface area contributed by atoms with Gasteiger partial charge in [-0.1, -0.05) is 11.2 Å². The van der Waals surface area contributed by atoms with Crippen LogP contribution in [0.15, 0.2) is 41.8 Å². The average molecular weight is 451 g/mol. The third kappa shape index (κ3) is 4.72. The largest absolute Gasteiger partial charge is 0.396 e. The van der Waals surface area contributed by atoms with E-state index in [4.69, 9.17) is 24.3 Å². The van der Waals surface area contributed by atoms with Gasteiger partial charge in [0, 0.05) is 24.4 Å². The summed E-state index contributed by atoms with van der Waals surface area (Å²) in [5, 5.41) is 5.41. The zero-order valence-corrected chi connectivity index (χ0v) is 18.9. The van der Waals surface area contributed by atoms with Gasteiger partial charge < -0.3 is 14.3 Å². The van der Waals surface area contributed by atoms with E-state index in [0.29, 0.717) is 19.8 Å². The first-order valence-electron chi connectivity index (χ1n) is 11.1. The lowest BCUT2D eigenvalue weighted by molar-refractivity contribution is -0.0515. The van der Waals surface area contributed by atoms with Crippen molar-refractivity contribution in [2.75, 3.05) is 19.8 Å². The molecule has 0 radical (unpaired) electrons. The lowest BCUT2D eigenvalue weighted by Crippen LogP contribution is -2.15. The smallest absolute Gasteiger partial charge is 0.157 e. The molecule has 1 aliphatic heterocycles. The third-order valence-electron chi connectivity index (χ3n) is 5.59. The third-order valence-corrected chi connectivity index (χ3v) is 6.82. The molecular weight excluding hydrogens is 424 g/mol. The second-order valence-electron chi connectivity index (χ2n) is 7.92. The Balaban J connectivity index is 1.32. The Morgan fingerprint density at radius 2 is 2.06 bits per heavy atom. The van der Waals surface area contributed by atoms with Crippen molar-refractivity contribution in [2.45, 2.75) is 45.3 Å². The van der Waals surface area contributed by atoms with Crippen molar-refractivity contribution in [3.63, 3.8) is 0 Å². The molecule has 0 bridgehead atoms. The number of nitrogens with zero attached hydrogens (tertiary/aromatic N) is 4. The lowest BCUT2D eigenvalue weighted by atomic mass is 9.94. The molecule has 0 atom stereocenters. The normalized spacial score (nSPS) is 17.6. The Hall–Kier alpha value is -2.68. The highest BCUT2D eigenvalue weighted by molar-refractivity contribution is 7.18. The summed E-state index contributed by atoms with van der Waals surface area (Å²) in [5.41, 5.74) is 6.03. The lowest BCUT2D eigenvalue weighted by Gasteiger charge is -2.17. The van der Waals surface area contributed by atoms with Gasteiger partial charge in [0.2, 0.25) is 0 Å². The molecule has 4 heterocycles. The Kier molecular flexibility index (Phi) is 6.52. The quantitative estimate of drug-likeness (QED) is 0.381. The molecule has 0 N–H and O–H groups in total. The van der Waals surface area contributed by atoms with Crippen LogP contribution < -0.4 is 0 Å². The van der Waals surface area contributed by atoms with Crippen molar-refractivity contribution in [3.05, 3.63) is 53.6 Å². The van der Waals surface area contributed by atoms with E-state index < -0.39 is 0 Å². The van der Waals surface area contributed by atoms with Crippen LogP contribution >= 0.6 is 11.3 Å². The molecule has 166 valence electrons. The predicted molar refractivity (Wildman–Crippen MR) is 124 cm³/mol. The number of hydrogen-bond donors (Lipinski definition) is 0. The zero-order chi connectivity index (χ0) is 21.8. The van der Waals surface area contributed by atoms with Crippen LogP contribution in [0.1, 0.15) is 42.6 Å². The molecule has 0 aromatic carbocycles. The second kappa shape index (κ2) is 9.85. The summed E-state index contributed by atoms with van der Waals surface area (Å²) < 4.78 is 10.9. The predicted octanol–water partition coefficient (Wildman–Crippen LogP) is 4.79. The van der Waals surface area contributed by atoms with Gasteiger partial charge in [0.1, 0.15) is 17.3 Å². The molecule has 32 heavy (non-hydrogen) atoms. The fourth-order valence-electron chi connectivity index (χ4n) is 3.98. The molecule has 0 unspecified atom stereocenters. The van der Waals surface area contributed by atoms with Crippen molar-refractivity contribution >= 4 is 17.0 Å². The number of thiazole rings is 1. The maximum Gasteiger partial charge on any atom is 0.157 e. The molecule has 5 rings (SSSR count). The monoisotopic (exact) mass is 450 g/mol. The second-order valence-corrected chi connectivity index (χ2v) is 8.92. The van der Waals surface area contributed by atoms with E-state index in [0.717, 1.165) is 70.3 Å². The molecule has 0 amide bonds. The number of hydrogen-bond acceptors (Lipinski definition) is 8. The van der Waals surface area contributed by atoms with E-state index in [1.54, 1.807) is 17.5 Å². The molecule has 7 nitrogen and oxygen atoms in total. The van der Waals surface area contributed by atoms with Crippen LogP contribution in [-0.2, 0) is 20.7 Å². The van der Waals surface area contributed by atoms with Crippen molar-refractivity contribution < 1.29 is 14.3 Å². The molecule has 2 aliphatic rings. The van der Waals surface area contributed by atoms with Crippen LogP contribution in [-0.4, -0.2) is 46.8 Å². The van der Waals surface area contributed by atoms with Gasteiger partial charge in [-0.3, -0.25) is 4.98 Å². The van der Waals surface area contributed by atoms with E-state index in [1.165, 1.54) is 5.56 Å². The number of aromatic nitrogens is 3. The summed E-state index contributed by atoms with van der Waals surface area (Å²) in [6, 6.07) is 8.23. The summed E-state index contributed by atoms with van der Waals surface area (Å²) in [4.78, 5) is 20.7.